The molecule has 2 aromatic heterocycles. The molecule has 1 aliphatic rings. The van der Waals surface area contributed by atoms with Crippen LogP contribution in [0.4, 0.5) is 19.0 Å². The number of aromatic nitrogens is 4. The van der Waals surface area contributed by atoms with Gasteiger partial charge in [-0.1, -0.05) is 18.6 Å². The first-order valence-corrected chi connectivity index (χ1v) is 10.9. The van der Waals surface area contributed by atoms with Crippen LogP contribution in [0.15, 0.2) is 24.3 Å². The Morgan fingerprint density at radius 3 is 2.41 bits per heavy atom. The predicted octanol–water partition coefficient (Wildman–Crippen LogP) is 5.67. The van der Waals surface area contributed by atoms with Crippen molar-refractivity contribution in [3.63, 3.8) is 0 Å². The molecule has 1 unspecified atom stereocenters. The van der Waals surface area contributed by atoms with Crippen LogP contribution in [0.2, 0.25) is 0 Å². The molecule has 1 saturated carbocycles. The summed E-state index contributed by atoms with van der Waals surface area (Å²) < 4.78 is 40.6. The quantitative estimate of drug-likeness (QED) is 0.478. The average Bonchev–Trinajstić information content (AvgIpc) is 3.05. The molecule has 3 aromatic rings. The average molecular weight is 463 g/mol. The van der Waals surface area contributed by atoms with Crippen molar-refractivity contribution in [3.05, 3.63) is 47.0 Å². The number of rotatable bonds is 6. The van der Waals surface area contributed by atoms with Crippen molar-refractivity contribution in [1.29, 1.82) is 5.26 Å². The summed E-state index contributed by atoms with van der Waals surface area (Å²) >= 11 is 6.38. The van der Waals surface area contributed by atoms with E-state index in [1.807, 2.05) is 10.6 Å². The number of hydrogen-bond acceptors (Lipinski definition) is 5. The van der Waals surface area contributed by atoms with E-state index in [2.05, 4.69) is 27.2 Å². The molecule has 1 aromatic carbocycles. The number of nitrogens with one attached hydrogen (secondary N) is 1. The first-order valence-electron chi connectivity index (χ1n) is 10.4. The highest BCUT2D eigenvalue weighted by Crippen LogP contribution is 2.34. The number of benzene rings is 1. The van der Waals surface area contributed by atoms with Crippen LogP contribution in [0, 0.1) is 17.2 Å². The monoisotopic (exact) mass is 462 g/mol. The van der Waals surface area contributed by atoms with Gasteiger partial charge < -0.3 is 9.88 Å². The molecular formula is C22H22ClF3N6. The number of nitriles is 1. The second-order valence-electron chi connectivity index (χ2n) is 8.17. The summed E-state index contributed by atoms with van der Waals surface area (Å²) in [4.78, 5) is 13.2. The number of anilines is 1. The number of fused-ring (bicyclic) bond motifs is 1. The minimum absolute atomic E-state index is 0.00577. The summed E-state index contributed by atoms with van der Waals surface area (Å²) in [5, 5.41) is 12.3. The smallest absolute Gasteiger partial charge is 0.365 e. The van der Waals surface area contributed by atoms with Gasteiger partial charge in [-0.2, -0.15) is 28.4 Å². The Morgan fingerprint density at radius 2 is 1.88 bits per heavy atom. The number of alkyl halides is 4. The zero-order valence-corrected chi connectivity index (χ0v) is 18.4. The van der Waals surface area contributed by atoms with E-state index in [0.29, 0.717) is 34.3 Å². The fraction of sp³-hybridized carbons (Fsp3) is 0.455. The highest BCUT2D eigenvalue weighted by Gasteiger charge is 2.30. The molecule has 0 radical (unpaired) electrons. The van der Waals surface area contributed by atoms with Crippen LogP contribution in [0.3, 0.4) is 0 Å². The summed E-state index contributed by atoms with van der Waals surface area (Å²) in [5.74, 6) is 1.50. The fourth-order valence-electron chi connectivity index (χ4n) is 3.92. The molecule has 10 heteroatoms. The molecule has 2 atom stereocenters. The van der Waals surface area contributed by atoms with Crippen molar-refractivity contribution in [3.8, 4) is 6.07 Å². The van der Waals surface area contributed by atoms with Crippen LogP contribution < -0.4 is 5.32 Å². The van der Waals surface area contributed by atoms with Gasteiger partial charge in [-0.3, -0.25) is 0 Å². The van der Waals surface area contributed by atoms with Gasteiger partial charge >= 0.3 is 6.18 Å². The van der Waals surface area contributed by atoms with E-state index < -0.39 is 17.1 Å². The van der Waals surface area contributed by atoms with E-state index in [1.165, 1.54) is 18.6 Å². The van der Waals surface area contributed by atoms with Gasteiger partial charge in [0.1, 0.15) is 17.4 Å². The molecule has 2 heterocycles. The van der Waals surface area contributed by atoms with Gasteiger partial charge in [0.15, 0.2) is 11.5 Å². The highest BCUT2D eigenvalue weighted by atomic mass is 35.5. The Kier molecular flexibility index (Phi) is 5.99. The third kappa shape index (κ3) is 4.37. The van der Waals surface area contributed by atoms with Crippen molar-refractivity contribution in [2.45, 2.75) is 57.2 Å². The lowest BCUT2D eigenvalue weighted by molar-refractivity contribution is -0.137. The van der Waals surface area contributed by atoms with Crippen LogP contribution in [0.5, 0.6) is 0 Å². The first kappa shape index (κ1) is 22.3. The predicted molar refractivity (Wildman–Crippen MR) is 115 cm³/mol. The van der Waals surface area contributed by atoms with E-state index in [9.17, 15) is 18.4 Å². The number of nitrogens with zero attached hydrogens (tertiary/aromatic N) is 5. The molecule has 0 amide bonds. The lowest BCUT2D eigenvalue weighted by atomic mass is 9.80. The molecule has 1 N–H and O–H groups in total. The largest absolute Gasteiger partial charge is 0.416 e. The van der Waals surface area contributed by atoms with E-state index in [0.717, 1.165) is 25.0 Å². The van der Waals surface area contributed by atoms with Crippen LogP contribution >= 0.6 is 11.6 Å². The summed E-state index contributed by atoms with van der Waals surface area (Å²) in [6.45, 7) is 4.07. The van der Waals surface area contributed by atoms with Gasteiger partial charge in [-0.25, -0.2) is 4.98 Å². The number of imidazole rings is 1. The molecule has 0 saturated heterocycles. The van der Waals surface area contributed by atoms with E-state index in [1.54, 1.807) is 6.92 Å². The van der Waals surface area contributed by atoms with Crippen molar-refractivity contribution < 1.29 is 13.2 Å². The summed E-state index contributed by atoms with van der Waals surface area (Å²) in [5.41, 5.74) is 0.853. The second-order valence-corrected chi connectivity index (χ2v) is 8.83. The maximum absolute atomic E-state index is 12.9. The molecule has 0 spiro atoms. The van der Waals surface area contributed by atoms with Gasteiger partial charge in [-0.15, -0.1) is 11.6 Å². The third-order valence-corrected chi connectivity index (χ3v) is 6.13. The molecule has 168 valence electrons. The van der Waals surface area contributed by atoms with Crippen LogP contribution in [-0.2, 0) is 12.7 Å². The molecular weight excluding hydrogens is 441 g/mol. The lowest BCUT2D eigenvalue weighted by Gasteiger charge is -2.32. The van der Waals surface area contributed by atoms with Crippen LogP contribution in [-0.4, -0.2) is 25.6 Å². The SMILES string of the molecule is CC(Cl)c1nc2nc(C#N)nc(N[C@H](C)C3CCC3)c2n1Cc1ccc(C(F)(F)F)cc1. The molecule has 0 aliphatic heterocycles. The van der Waals surface area contributed by atoms with Crippen molar-refractivity contribution >= 4 is 28.6 Å². The fourth-order valence-corrected chi connectivity index (χ4v) is 4.09. The van der Waals surface area contributed by atoms with E-state index >= 15 is 0 Å². The maximum atomic E-state index is 12.9. The van der Waals surface area contributed by atoms with Gasteiger partial charge in [0.05, 0.1) is 10.9 Å². The van der Waals surface area contributed by atoms with E-state index in [4.69, 9.17) is 11.6 Å². The Morgan fingerprint density at radius 1 is 1.19 bits per heavy atom. The third-order valence-electron chi connectivity index (χ3n) is 5.93. The lowest BCUT2D eigenvalue weighted by Crippen LogP contribution is -2.31. The molecule has 32 heavy (non-hydrogen) atoms. The Bertz CT molecular complexity index is 1160. The Labute approximate surface area is 188 Å². The maximum Gasteiger partial charge on any atom is 0.416 e. The van der Waals surface area contributed by atoms with Gasteiger partial charge in [0, 0.05) is 12.6 Å². The Balaban J connectivity index is 1.79. The minimum atomic E-state index is -4.40. The van der Waals surface area contributed by atoms with Gasteiger partial charge in [0.25, 0.3) is 0 Å². The zero-order valence-electron chi connectivity index (χ0n) is 17.6. The second kappa shape index (κ2) is 8.58. The summed E-state index contributed by atoms with van der Waals surface area (Å²) in [7, 11) is 0. The van der Waals surface area contributed by atoms with Crippen molar-refractivity contribution in [2.24, 2.45) is 5.92 Å². The van der Waals surface area contributed by atoms with Crippen LogP contribution in [0.1, 0.15) is 61.3 Å². The van der Waals surface area contributed by atoms with Crippen molar-refractivity contribution in [1.82, 2.24) is 19.5 Å². The van der Waals surface area contributed by atoms with E-state index in [-0.39, 0.29) is 18.4 Å². The standard InChI is InChI=1S/C22H22ClF3N6/c1-12(23)21-31-20-18(32(21)11-14-6-8-16(9-7-14)22(24,25)26)19(29-17(10-27)30-20)28-13(2)15-4-3-5-15/h6-9,12-13,15H,3-5,11H2,1-2H3,(H,28,29,30)/t12?,13-/m1/s1. The zero-order chi connectivity index (χ0) is 23.0. The normalized spacial score (nSPS) is 16.4. The van der Waals surface area contributed by atoms with Gasteiger partial charge in [-0.05, 0) is 50.3 Å². The molecule has 4 rings (SSSR count). The highest BCUT2D eigenvalue weighted by molar-refractivity contribution is 6.20. The number of hydrogen-bond donors (Lipinski definition) is 1. The molecule has 6 nitrogen and oxygen atoms in total. The van der Waals surface area contributed by atoms with Crippen LogP contribution in [0.25, 0.3) is 11.2 Å². The minimum Gasteiger partial charge on any atom is -0.365 e. The molecule has 0 bridgehead atoms. The topological polar surface area (TPSA) is 79.4 Å². The Hall–Kier alpha value is -2.86. The first-order chi connectivity index (χ1) is 15.2. The molecule has 1 aliphatic carbocycles. The number of halogens is 4. The summed E-state index contributed by atoms with van der Waals surface area (Å²) in [6, 6.07) is 7.09. The summed E-state index contributed by atoms with van der Waals surface area (Å²) in [6.07, 6.45) is -0.948. The van der Waals surface area contributed by atoms with Crippen molar-refractivity contribution in [2.75, 3.05) is 5.32 Å². The van der Waals surface area contributed by atoms with Gasteiger partial charge in [0.2, 0.25) is 5.82 Å². The molecule has 1 fully saturated rings.